The van der Waals surface area contributed by atoms with Crippen molar-refractivity contribution >= 4 is 43.5 Å². The first-order valence-electron chi connectivity index (χ1n) is 5.95. The molecule has 0 aliphatic carbocycles. The molecule has 0 fully saturated rings. The summed E-state index contributed by atoms with van der Waals surface area (Å²) in [6.45, 7) is 4.31. The number of rotatable bonds is 3. The van der Waals surface area contributed by atoms with Crippen molar-refractivity contribution in [1.29, 1.82) is 0 Å². The van der Waals surface area contributed by atoms with Gasteiger partial charge in [0.25, 0.3) is 0 Å². The van der Waals surface area contributed by atoms with Crippen LogP contribution in [0, 0.1) is 5.92 Å². The fourth-order valence-electron chi connectivity index (χ4n) is 1.71. The van der Waals surface area contributed by atoms with E-state index >= 15 is 0 Å². The molecule has 0 radical (unpaired) electrons. The van der Waals surface area contributed by atoms with Crippen molar-refractivity contribution in [2.45, 2.75) is 20.3 Å². The van der Waals surface area contributed by atoms with Crippen molar-refractivity contribution in [3.63, 3.8) is 0 Å². The van der Waals surface area contributed by atoms with Crippen LogP contribution in [0.2, 0.25) is 5.15 Å². The lowest BCUT2D eigenvalue weighted by molar-refractivity contribution is 0.632. The predicted octanol–water partition coefficient (Wildman–Crippen LogP) is 5.52. The number of hydrogen-bond donors (Lipinski definition) is 0. The smallest absolute Gasteiger partial charge is 0.161 e. The highest BCUT2D eigenvalue weighted by Gasteiger charge is 2.13. The number of benzene rings is 1. The standard InChI is InChI=1S/C14H13Br2ClN2/c1-8(2)7-11-12(16)13(17)19-14(18-11)9-3-5-10(15)6-4-9/h3-6,8H,7H2,1-2H3. The number of halogens is 3. The van der Waals surface area contributed by atoms with Crippen molar-refractivity contribution in [3.8, 4) is 11.4 Å². The van der Waals surface area contributed by atoms with Gasteiger partial charge in [-0.3, -0.25) is 0 Å². The van der Waals surface area contributed by atoms with Crippen molar-refractivity contribution in [1.82, 2.24) is 9.97 Å². The van der Waals surface area contributed by atoms with Gasteiger partial charge in [0.1, 0.15) is 5.15 Å². The van der Waals surface area contributed by atoms with E-state index in [2.05, 4.69) is 55.7 Å². The molecule has 0 spiro atoms. The molecule has 5 heteroatoms. The largest absolute Gasteiger partial charge is 0.232 e. The van der Waals surface area contributed by atoms with E-state index in [1.54, 1.807) is 0 Å². The molecule has 1 aromatic heterocycles. The Morgan fingerprint density at radius 1 is 1.11 bits per heavy atom. The number of aromatic nitrogens is 2. The van der Waals surface area contributed by atoms with E-state index in [0.29, 0.717) is 16.9 Å². The maximum atomic E-state index is 6.18. The van der Waals surface area contributed by atoms with E-state index in [0.717, 1.165) is 26.6 Å². The van der Waals surface area contributed by atoms with Crippen LogP contribution < -0.4 is 0 Å². The maximum absolute atomic E-state index is 6.18. The molecule has 0 aliphatic rings. The number of hydrogen-bond acceptors (Lipinski definition) is 2. The maximum Gasteiger partial charge on any atom is 0.161 e. The Morgan fingerprint density at radius 3 is 2.32 bits per heavy atom. The van der Waals surface area contributed by atoms with E-state index in [1.165, 1.54) is 0 Å². The molecule has 0 amide bonds. The third kappa shape index (κ3) is 3.77. The summed E-state index contributed by atoms with van der Waals surface area (Å²) in [7, 11) is 0. The van der Waals surface area contributed by atoms with Crippen molar-refractivity contribution in [3.05, 3.63) is 44.1 Å². The molecule has 2 rings (SSSR count). The van der Waals surface area contributed by atoms with Crippen LogP contribution in [0.25, 0.3) is 11.4 Å². The van der Waals surface area contributed by atoms with Crippen LogP contribution in [0.3, 0.4) is 0 Å². The summed E-state index contributed by atoms with van der Waals surface area (Å²) in [4.78, 5) is 8.95. The predicted molar refractivity (Wildman–Crippen MR) is 86.4 cm³/mol. The molecule has 1 aromatic carbocycles. The SMILES string of the molecule is CC(C)Cc1nc(-c2ccc(Br)cc2)nc(Cl)c1Br. The minimum Gasteiger partial charge on any atom is -0.232 e. The first kappa shape index (κ1) is 14.9. The van der Waals surface area contributed by atoms with Crippen LogP contribution in [0.5, 0.6) is 0 Å². The van der Waals surface area contributed by atoms with Gasteiger partial charge in [-0.25, -0.2) is 9.97 Å². The summed E-state index contributed by atoms with van der Waals surface area (Å²) in [5, 5.41) is 0.462. The molecular weight excluding hydrogens is 391 g/mol. The molecule has 1 heterocycles. The van der Waals surface area contributed by atoms with Gasteiger partial charge in [0.15, 0.2) is 5.82 Å². The van der Waals surface area contributed by atoms with Gasteiger partial charge in [0, 0.05) is 10.0 Å². The zero-order valence-electron chi connectivity index (χ0n) is 10.6. The molecule has 100 valence electrons. The minimum atomic E-state index is 0.462. The monoisotopic (exact) mass is 402 g/mol. The van der Waals surface area contributed by atoms with E-state index in [9.17, 15) is 0 Å². The van der Waals surface area contributed by atoms with Gasteiger partial charge in [0.2, 0.25) is 0 Å². The Hall–Kier alpha value is -0.450. The van der Waals surface area contributed by atoms with Gasteiger partial charge >= 0.3 is 0 Å². The quantitative estimate of drug-likeness (QED) is 0.630. The Morgan fingerprint density at radius 2 is 1.74 bits per heavy atom. The fraction of sp³-hybridized carbons (Fsp3) is 0.286. The second-order valence-electron chi connectivity index (χ2n) is 4.70. The summed E-state index contributed by atoms with van der Waals surface area (Å²) in [5.41, 5.74) is 1.91. The van der Waals surface area contributed by atoms with Crippen molar-refractivity contribution < 1.29 is 0 Å². The molecule has 2 nitrogen and oxygen atoms in total. The third-order valence-corrected chi connectivity index (χ3v) is 4.45. The molecule has 19 heavy (non-hydrogen) atoms. The fourth-order valence-corrected chi connectivity index (χ4v) is 2.51. The number of nitrogens with zero attached hydrogens (tertiary/aromatic N) is 2. The highest BCUT2D eigenvalue weighted by Crippen LogP contribution is 2.28. The van der Waals surface area contributed by atoms with Crippen LogP contribution in [0.4, 0.5) is 0 Å². The molecule has 0 atom stereocenters. The average Bonchev–Trinajstić information content (AvgIpc) is 2.35. The molecular formula is C14H13Br2ClN2. The Kier molecular flexibility index (Phi) is 4.98. The zero-order chi connectivity index (χ0) is 14.0. The lowest BCUT2D eigenvalue weighted by Crippen LogP contribution is -2.02. The van der Waals surface area contributed by atoms with Gasteiger partial charge in [-0.2, -0.15) is 0 Å². The van der Waals surface area contributed by atoms with E-state index in [1.807, 2.05) is 24.3 Å². The molecule has 0 saturated carbocycles. The minimum absolute atomic E-state index is 0.462. The Labute approximate surface area is 134 Å². The summed E-state index contributed by atoms with van der Waals surface area (Å²) in [5.74, 6) is 1.18. The summed E-state index contributed by atoms with van der Waals surface area (Å²) >= 11 is 13.1. The first-order valence-corrected chi connectivity index (χ1v) is 7.91. The third-order valence-electron chi connectivity index (χ3n) is 2.58. The van der Waals surface area contributed by atoms with Crippen LogP contribution in [-0.4, -0.2) is 9.97 Å². The second kappa shape index (κ2) is 6.33. The van der Waals surface area contributed by atoms with Gasteiger partial charge in [-0.05, 0) is 40.4 Å². The average molecular weight is 405 g/mol. The lowest BCUT2D eigenvalue weighted by atomic mass is 10.1. The summed E-state index contributed by atoms with van der Waals surface area (Å²) in [6.07, 6.45) is 0.867. The van der Waals surface area contributed by atoms with Crippen molar-refractivity contribution in [2.75, 3.05) is 0 Å². The Bertz CT molecular complexity index is 583. The molecule has 2 aromatic rings. The van der Waals surface area contributed by atoms with Crippen LogP contribution in [0.15, 0.2) is 33.2 Å². The van der Waals surface area contributed by atoms with E-state index in [4.69, 9.17) is 11.6 Å². The van der Waals surface area contributed by atoms with E-state index < -0.39 is 0 Å². The summed E-state index contributed by atoms with van der Waals surface area (Å²) < 4.78 is 1.82. The van der Waals surface area contributed by atoms with Gasteiger partial charge in [0.05, 0.1) is 10.2 Å². The van der Waals surface area contributed by atoms with Gasteiger partial charge in [-0.1, -0.05) is 53.5 Å². The van der Waals surface area contributed by atoms with Crippen LogP contribution >= 0.6 is 43.5 Å². The highest BCUT2D eigenvalue weighted by atomic mass is 79.9. The zero-order valence-corrected chi connectivity index (χ0v) is 14.6. The normalized spacial score (nSPS) is 11.1. The van der Waals surface area contributed by atoms with Crippen LogP contribution in [-0.2, 0) is 6.42 Å². The van der Waals surface area contributed by atoms with Crippen molar-refractivity contribution in [2.24, 2.45) is 5.92 Å². The lowest BCUT2D eigenvalue weighted by Gasteiger charge is -2.10. The molecule has 0 bridgehead atoms. The second-order valence-corrected chi connectivity index (χ2v) is 6.77. The van der Waals surface area contributed by atoms with Gasteiger partial charge in [-0.15, -0.1) is 0 Å². The first-order chi connectivity index (χ1) is 8.97. The highest BCUT2D eigenvalue weighted by molar-refractivity contribution is 9.10. The molecule has 0 saturated heterocycles. The van der Waals surface area contributed by atoms with E-state index in [-0.39, 0.29) is 0 Å². The molecule has 0 N–H and O–H groups in total. The van der Waals surface area contributed by atoms with Crippen LogP contribution in [0.1, 0.15) is 19.5 Å². The molecule has 0 unspecified atom stereocenters. The van der Waals surface area contributed by atoms with Gasteiger partial charge < -0.3 is 0 Å². The Balaban J connectivity index is 2.46. The summed E-state index contributed by atoms with van der Waals surface area (Å²) in [6, 6.07) is 7.89. The molecule has 0 aliphatic heterocycles. The topological polar surface area (TPSA) is 25.8 Å².